The molecule has 0 unspecified atom stereocenters. The Balaban J connectivity index is 5.52. The Labute approximate surface area is 134 Å². The Morgan fingerprint density at radius 3 is 1.91 bits per heavy atom. The minimum Gasteiger partial charge on any atom is -0.464 e. The molecule has 0 radical (unpaired) electrons. The van der Waals surface area contributed by atoms with Crippen molar-refractivity contribution in [2.24, 2.45) is 0 Å². The highest BCUT2D eigenvalue weighted by atomic mass is 32.2. The third-order valence-electron chi connectivity index (χ3n) is 2.68. The highest BCUT2D eigenvalue weighted by Gasteiger charge is 2.51. The van der Waals surface area contributed by atoms with Crippen molar-refractivity contribution in [3.05, 3.63) is 0 Å². The normalized spacial score (nSPS) is 10.7. The van der Waals surface area contributed by atoms with Crippen LogP contribution in [0.15, 0.2) is 0 Å². The molecule has 0 aliphatic heterocycles. The first-order valence-corrected chi connectivity index (χ1v) is 8.37. The number of amides is 1. The molecule has 0 fully saturated rings. The standard InChI is InChI=1S/C14H23NO6S/c1-5-20-12(18)14(15-10(3)16,13(19)21-6-2)9-11(17)7-8-22-4/h5-9H2,1-4H3,(H,15,16). The first kappa shape index (κ1) is 20.4. The number of thioether (sulfide) groups is 1. The Bertz CT molecular complexity index is 406. The molecule has 0 saturated heterocycles. The molecule has 0 aliphatic carbocycles. The summed E-state index contributed by atoms with van der Waals surface area (Å²) in [6.07, 6.45) is 1.54. The molecule has 0 aliphatic rings. The summed E-state index contributed by atoms with van der Waals surface area (Å²) in [5, 5.41) is 2.25. The van der Waals surface area contributed by atoms with Crippen molar-refractivity contribution in [2.75, 3.05) is 25.2 Å². The van der Waals surface area contributed by atoms with Crippen LogP contribution < -0.4 is 5.32 Å². The second kappa shape index (κ2) is 10.2. The van der Waals surface area contributed by atoms with Crippen LogP contribution in [0.3, 0.4) is 0 Å². The van der Waals surface area contributed by atoms with Crippen LogP contribution in [-0.4, -0.2) is 54.4 Å². The van der Waals surface area contributed by atoms with Gasteiger partial charge in [0.15, 0.2) is 0 Å². The molecule has 8 heteroatoms. The summed E-state index contributed by atoms with van der Waals surface area (Å²) in [5.74, 6) is -2.37. The van der Waals surface area contributed by atoms with Crippen molar-refractivity contribution >= 4 is 35.4 Å². The monoisotopic (exact) mass is 333 g/mol. The van der Waals surface area contributed by atoms with E-state index in [-0.39, 0.29) is 25.4 Å². The molecule has 126 valence electrons. The number of ether oxygens (including phenoxy) is 2. The van der Waals surface area contributed by atoms with Gasteiger partial charge in [-0.05, 0) is 25.9 Å². The van der Waals surface area contributed by atoms with E-state index < -0.39 is 29.8 Å². The summed E-state index contributed by atoms with van der Waals surface area (Å²) in [5.41, 5.74) is -2.12. The lowest BCUT2D eigenvalue weighted by Crippen LogP contribution is -2.62. The molecular weight excluding hydrogens is 310 g/mol. The van der Waals surface area contributed by atoms with Crippen LogP contribution in [0, 0.1) is 0 Å². The quantitative estimate of drug-likeness (QED) is 0.464. The van der Waals surface area contributed by atoms with Gasteiger partial charge in [0.25, 0.3) is 0 Å². The number of carbonyl (C=O) groups excluding carboxylic acids is 4. The second-order valence-electron chi connectivity index (χ2n) is 4.49. The van der Waals surface area contributed by atoms with Gasteiger partial charge < -0.3 is 14.8 Å². The number of hydrogen-bond acceptors (Lipinski definition) is 7. The molecular formula is C14H23NO6S. The fourth-order valence-corrected chi connectivity index (χ4v) is 2.21. The van der Waals surface area contributed by atoms with Crippen LogP contribution >= 0.6 is 11.8 Å². The molecule has 0 aromatic heterocycles. The number of hydrogen-bond donors (Lipinski definition) is 1. The fraction of sp³-hybridized carbons (Fsp3) is 0.714. The summed E-state index contributed by atoms with van der Waals surface area (Å²) in [6.45, 7) is 4.31. The highest BCUT2D eigenvalue weighted by Crippen LogP contribution is 2.18. The van der Waals surface area contributed by atoms with Gasteiger partial charge in [-0.1, -0.05) is 0 Å². The van der Waals surface area contributed by atoms with Crippen molar-refractivity contribution in [1.82, 2.24) is 5.32 Å². The number of nitrogens with one attached hydrogen (secondary N) is 1. The zero-order valence-corrected chi connectivity index (χ0v) is 14.2. The van der Waals surface area contributed by atoms with E-state index in [1.165, 1.54) is 11.8 Å². The smallest absolute Gasteiger partial charge is 0.344 e. The van der Waals surface area contributed by atoms with Crippen LogP contribution in [0.1, 0.15) is 33.6 Å². The molecule has 0 spiro atoms. The predicted molar refractivity (Wildman–Crippen MR) is 82.4 cm³/mol. The van der Waals surface area contributed by atoms with Gasteiger partial charge in [0, 0.05) is 13.3 Å². The Morgan fingerprint density at radius 1 is 1.05 bits per heavy atom. The van der Waals surface area contributed by atoms with Crippen molar-refractivity contribution in [1.29, 1.82) is 0 Å². The van der Waals surface area contributed by atoms with Crippen LogP contribution in [0.2, 0.25) is 0 Å². The average molecular weight is 333 g/mol. The average Bonchev–Trinajstić information content (AvgIpc) is 2.44. The number of Topliss-reactive ketones (excluding diaryl/α,β-unsaturated/α-hetero) is 1. The van der Waals surface area contributed by atoms with Crippen molar-refractivity contribution in [3.8, 4) is 0 Å². The lowest BCUT2D eigenvalue weighted by molar-refractivity contribution is -0.169. The number of esters is 2. The molecule has 0 bridgehead atoms. The third kappa shape index (κ3) is 6.05. The largest absolute Gasteiger partial charge is 0.464 e. The van der Waals surface area contributed by atoms with Gasteiger partial charge >= 0.3 is 11.9 Å². The Hall–Kier alpha value is -1.57. The van der Waals surface area contributed by atoms with E-state index in [1.54, 1.807) is 13.8 Å². The van der Waals surface area contributed by atoms with Crippen LogP contribution in [0.5, 0.6) is 0 Å². The van der Waals surface area contributed by atoms with Crippen LogP contribution in [-0.2, 0) is 28.7 Å². The number of rotatable bonds is 10. The molecule has 0 heterocycles. The van der Waals surface area contributed by atoms with Crippen LogP contribution in [0.4, 0.5) is 0 Å². The zero-order valence-electron chi connectivity index (χ0n) is 13.4. The highest BCUT2D eigenvalue weighted by molar-refractivity contribution is 7.98. The maximum absolute atomic E-state index is 12.2. The summed E-state index contributed by atoms with van der Waals surface area (Å²) >= 11 is 1.47. The maximum Gasteiger partial charge on any atom is 0.344 e. The van der Waals surface area contributed by atoms with E-state index in [2.05, 4.69) is 5.32 Å². The zero-order chi connectivity index (χ0) is 17.2. The van der Waals surface area contributed by atoms with Gasteiger partial charge in [0.05, 0.1) is 19.6 Å². The molecule has 1 N–H and O–H groups in total. The lowest BCUT2D eigenvalue weighted by Gasteiger charge is -2.29. The van der Waals surface area contributed by atoms with E-state index in [4.69, 9.17) is 9.47 Å². The van der Waals surface area contributed by atoms with E-state index in [0.717, 1.165) is 6.92 Å². The first-order valence-electron chi connectivity index (χ1n) is 6.97. The third-order valence-corrected chi connectivity index (χ3v) is 3.30. The summed E-state index contributed by atoms with van der Waals surface area (Å²) in [6, 6.07) is 0. The second-order valence-corrected chi connectivity index (χ2v) is 5.47. The molecule has 7 nitrogen and oxygen atoms in total. The molecule has 0 aromatic carbocycles. The topological polar surface area (TPSA) is 98.8 Å². The van der Waals surface area contributed by atoms with Gasteiger partial charge in [-0.3, -0.25) is 9.59 Å². The van der Waals surface area contributed by atoms with Crippen molar-refractivity contribution < 1.29 is 28.7 Å². The Morgan fingerprint density at radius 2 is 1.55 bits per heavy atom. The first-order chi connectivity index (χ1) is 10.3. The summed E-state index contributed by atoms with van der Waals surface area (Å²) in [4.78, 5) is 47.9. The minimum absolute atomic E-state index is 0.0125. The predicted octanol–water partition coefficient (Wildman–Crippen LogP) is 0.700. The molecule has 0 saturated carbocycles. The molecule has 1 amide bonds. The van der Waals surface area contributed by atoms with Crippen molar-refractivity contribution in [3.63, 3.8) is 0 Å². The van der Waals surface area contributed by atoms with Gasteiger partial charge in [-0.25, -0.2) is 9.59 Å². The van der Waals surface area contributed by atoms with Gasteiger partial charge in [-0.15, -0.1) is 0 Å². The molecule has 0 aromatic rings. The van der Waals surface area contributed by atoms with Crippen molar-refractivity contribution in [2.45, 2.75) is 39.2 Å². The van der Waals surface area contributed by atoms with Gasteiger partial charge in [0.1, 0.15) is 5.78 Å². The maximum atomic E-state index is 12.2. The van der Waals surface area contributed by atoms with Gasteiger partial charge in [0.2, 0.25) is 11.4 Å². The van der Waals surface area contributed by atoms with E-state index >= 15 is 0 Å². The summed E-state index contributed by atoms with van der Waals surface area (Å²) < 4.78 is 9.74. The SMILES string of the molecule is CCOC(=O)C(CC(=O)CCSC)(NC(C)=O)C(=O)OCC. The van der Waals surface area contributed by atoms with E-state index in [0.29, 0.717) is 5.75 Å². The molecule has 0 rings (SSSR count). The lowest BCUT2D eigenvalue weighted by atomic mass is 9.91. The molecule has 0 atom stereocenters. The minimum atomic E-state index is -2.12. The number of carbonyl (C=O) groups is 4. The van der Waals surface area contributed by atoms with Crippen LogP contribution in [0.25, 0.3) is 0 Å². The van der Waals surface area contributed by atoms with E-state index in [9.17, 15) is 19.2 Å². The van der Waals surface area contributed by atoms with Gasteiger partial charge in [-0.2, -0.15) is 11.8 Å². The van der Waals surface area contributed by atoms with E-state index in [1.807, 2.05) is 6.26 Å². The molecule has 22 heavy (non-hydrogen) atoms. The number of ketones is 1. The summed E-state index contributed by atoms with van der Waals surface area (Å²) in [7, 11) is 0. The Kier molecular flexibility index (Phi) is 9.48. The fourth-order valence-electron chi connectivity index (χ4n) is 1.78.